The van der Waals surface area contributed by atoms with E-state index in [-0.39, 0.29) is 23.7 Å². The summed E-state index contributed by atoms with van der Waals surface area (Å²) in [4.78, 5) is 31.4. The molecule has 0 radical (unpaired) electrons. The summed E-state index contributed by atoms with van der Waals surface area (Å²) < 4.78 is 5.91. The highest BCUT2D eigenvalue weighted by atomic mass is 16.5. The van der Waals surface area contributed by atoms with Crippen molar-refractivity contribution in [2.24, 2.45) is 23.2 Å². The van der Waals surface area contributed by atoms with Gasteiger partial charge in [-0.1, -0.05) is 52.0 Å². The van der Waals surface area contributed by atoms with Crippen LogP contribution in [0.25, 0.3) is 0 Å². The number of carbonyl (C=O) groups is 2. The van der Waals surface area contributed by atoms with Crippen molar-refractivity contribution in [2.75, 3.05) is 32.8 Å². The van der Waals surface area contributed by atoms with Crippen LogP contribution < -0.4 is 0 Å². The Morgan fingerprint density at radius 2 is 1.72 bits per heavy atom. The van der Waals surface area contributed by atoms with E-state index >= 15 is 0 Å². The molecule has 2 aliphatic rings. The second-order valence-electron chi connectivity index (χ2n) is 12.3. The van der Waals surface area contributed by atoms with Gasteiger partial charge < -0.3 is 4.74 Å². The molecule has 36 heavy (non-hydrogen) atoms. The molecule has 1 saturated heterocycles. The zero-order valence-electron chi connectivity index (χ0n) is 23.7. The highest BCUT2D eigenvalue weighted by Crippen LogP contribution is 2.30. The third kappa shape index (κ3) is 7.64. The molecule has 0 N–H and O–H groups in total. The van der Waals surface area contributed by atoms with E-state index in [1.165, 1.54) is 11.1 Å². The number of rotatable bonds is 6. The molecule has 4 atom stereocenters. The maximum Gasteiger partial charge on any atom is 0.319 e. The second kappa shape index (κ2) is 13.2. The first kappa shape index (κ1) is 28.8. The Balaban J connectivity index is 1.70. The average Bonchev–Trinajstić information content (AvgIpc) is 2.84. The minimum Gasteiger partial charge on any atom is -0.463 e. The quantitative estimate of drug-likeness (QED) is 0.369. The zero-order chi connectivity index (χ0) is 26.3. The molecule has 1 aromatic carbocycles. The van der Waals surface area contributed by atoms with Gasteiger partial charge in [0.25, 0.3) is 0 Å². The van der Waals surface area contributed by atoms with E-state index in [0.29, 0.717) is 18.4 Å². The molecule has 1 aromatic rings. The largest absolute Gasteiger partial charge is 0.463 e. The minimum atomic E-state index is -1.10. The fourth-order valence-corrected chi connectivity index (χ4v) is 6.41. The van der Waals surface area contributed by atoms with Gasteiger partial charge in [-0.15, -0.1) is 0 Å². The molecule has 0 bridgehead atoms. The summed E-state index contributed by atoms with van der Waals surface area (Å²) in [6.07, 6.45) is 6.21. The van der Waals surface area contributed by atoms with E-state index in [1.807, 2.05) is 6.92 Å². The Hall–Kier alpha value is -1.72. The monoisotopic (exact) mass is 498 g/mol. The molecule has 5 heteroatoms. The van der Waals surface area contributed by atoms with Crippen molar-refractivity contribution in [1.82, 2.24) is 9.80 Å². The van der Waals surface area contributed by atoms with Crippen molar-refractivity contribution >= 4 is 11.8 Å². The lowest BCUT2D eigenvalue weighted by atomic mass is 9.78. The van der Waals surface area contributed by atoms with E-state index in [9.17, 15) is 9.59 Å². The van der Waals surface area contributed by atoms with Crippen molar-refractivity contribution in [1.29, 1.82) is 0 Å². The van der Waals surface area contributed by atoms with Crippen LogP contribution in [0.1, 0.15) is 84.8 Å². The van der Waals surface area contributed by atoms with Crippen LogP contribution in [0.4, 0.5) is 0 Å². The maximum absolute atomic E-state index is 13.2. The number of esters is 1. The van der Waals surface area contributed by atoms with Crippen molar-refractivity contribution < 1.29 is 14.3 Å². The lowest BCUT2D eigenvalue weighted by Crippen LogP contribution is -2.44. The van der Waals surface area contributed by atoms with Gasteiger partial charge in [0, 0.05) is 31.6 Å². The van der Waals surface area contributed by atoms with E-state index in [2.05, 4.69) is 54.8 Å². The molecule has 1 fully saturated rings. The van der Waals surface area contributed by atoms with Gasteiger partial charge in [0.15, 0.2) is 5.78 Å². The van der Waals surface area contributed by atoms with Crippen molar-refractivity contribution in [3.63, 3.8) is 0 Å². The van der Waals surface area contributed by atoms with Crippen LogP contribution in [0.2, 0.25) is 0 Å². The zero-order valence-corrected chi connectivity index (χ0v) is 23.7. The van der Waals surface area contributed by atoms with Crippen LogP contribution in [0.5, 0.6) is 0 Å². The number of benzene rings is 1. The van der Waals surface area contributed by atoms with Crippen molar-refractivity contribution in [2.45, 2.75) is 92.7 Å². The molecule has 0 amide bonds. The predicted octanol–water partition coefficient (Wildman–Crippen LogP) is 5.75. The van der Waals surface area contributed by atoms with Crippen molar-refractivity contribution in [3.8, 4) is 0 Å². The third-order valence-electron chi connectivity index (χ3n) is 8.34. The fourth-order valence-electron chi connectivity index (χ4n) is 6.41. The van der Waals surface area contributed by atoms with Crippen LogP contribution in [-0.2, 0) is 27.3 Å². The number of nitrogens with zero attached hydrogens (tertiary/aromatic N) is 2. The molecule has 3 rings (SSSR count). The number of hydrogen-bond donors (Lipinski definition) is 0. The first-order chi connectivity index (χ1) is 17.1. The molecule has 2 aliphatic heterocycles. The van der Waals surface area contributed by atoms with E-state index in [0.717, 1.165) is 71.2 Å². The normalized spacial score (nSPS) is 28.9. The Morgan fingerprint density at radius 3 is 2.44 bits per heavy atom. The SMILES string of the molecule is CCCN1C[C@H](C)C[C@@H](C)C[C@@H](C)C(=O)C(C)(C)C(=O)OC[C@H]1CCCN1CCc2ccccc2C1. The van der Waals surface area contributed by atoms with Gasteiger partial charge >= 0.3 is 5.97 Å². The molecule has 0 unspecified atom stereocenters. The van der Waals surface area contributed by atoms with Gasteiger partial charge in [0.05, 0.1) is 0 Å². The summed E-state index contributed by atoms with van der Waals surface area (Å²) in [5, 5.41) is 0. The number of ketones is 1. The molecule has 2 heterocycles. The Bertz CT molecular complexity index is 867. The van der Waals surface area contributed by atoms with Crippen LogP contribution >= 0.6 is 0 Å². The summed E-state index contributed by atoms with van der Waals surface area (Å²) in [7, 11) is 0. The fraction of sp³-hybridized carbons (Fsp3) is 0.742. The van der Waals surface area contributed by atoms with E-state index < -0.39 is 5.41 Å². The van der Waals surface area contributed by atoms with Gasteiger partial charge in [-0.3, -0.25) is 19.4 Å². The summed E-state index contributed by atoms with van der Waals surface area (Å²) in [5.41, 5.74) is 1.84. The van der Waals surface area contributed by atoms with Crippen LogP contribution in [0.3, 0.4) is 0 Å². The van der Waals surface area contributed by atoms with Crippen molar-refractivity contribution in [3.05, 3.63) is 35.4 Å². The Kier molecular flexibility index (Phi) is 10.6. The summed E-state index contributed by atoms with van der Waals surface area (Å²) in [6.45, 7) is 17.9. The molecule has 0 aliphatic carbocycles. The topological polar surface area (TPSA) is 49.9 Å². The molecular weight excluding hydrogens is 448 g/mol. The molecule has 202 valence electrons. The molecule has 5 nitrogen and oxygen atoms in total. The lowest BCUT2D eigenvalue weighted by Gasteiger charge is -2.35. The first-order valence-corrected chi connectivity index (χ1v) is 14.4. The Labute approximate surface area is 219 Å². The summed E-state index contributed by atoms with van der Waals surface area (Å²) in [6, 6.07) is 8.98. The van der Waals surface area contributed by atoms with E-state index in [1.54, 1.807) is 13.8 Å². The van der Waals surface area contributed by atoms with Gasteiger partial charge in [-0.25, -0.2) is 0 Å². The number of carbonyl (C=O) groups excluding carboxylic acids is 2. The van der Waals surface area contributed by atoms with E-state index in [4.69, 9.17) is 4.74 Å². The number of Topliss-reactive ketones (excluding diaryl/α,β-unsaturated/α-hetero) is 1. The highest BCUT2D eigenvalue weighted by molar-refractivity contribution is 6.03. The van der Waals surface area contributed by atoms with Crippen LogP contribution in [-0.4, -0.2) is 60.4 Å². The van der Waals surface area contributed by atoms with Gasteiger partial charge in [0.2, 0.25) is 0 Å². The summed E-state index contributed by atoms with van der Waals surface area (Å²) >= 11 is 0. The second-order valence-corrected chi connectivity index (χ2v) is 12.3. The Morgan fingerprint density at radius 1 is 1.00 bits per heavy atom. The molecule has 0 spiro atoms. The number of hydrogen-bond acceptors (Lipinski definition) is 5. The van der Waals surface area contributed by atoms with Crippen LogP contribution in [0, 0.1) is 23.2 Å². The maximum atomic E-state index is 13.2. The van der Waals surface area contributed by atoms with Gasteiger partial charge in [0.1, 0.15) is 12.0 Å². The number of cyclic esters (lactones) is 1. The smallest absolute Gasteiger partial charge is 0.319 e. The predicted molar refractivity (Wildman–Crippen MR) is 147 cm³/mol. The highest BCUT2D eigenvalue weighted by Gasteiger charge is 2.41. The number of fused-ring (bicyclic) bond motifs is 1. The molecule has 0 saturated carbocycles. The number of ether oxygens (including phenoxy) is 1. The first-order valence-electron chi connectivity index (χ1n) is 14.4. The van der Waals surface area contributed by atoms with Gasteiger partial charge in [-0.2, -0.15) is 0 Å². The lowest BCUT2D eigenvalue weighted by molar-refractivity contribution is -0.161. The van der Waals surface area contributed by atoms with Crippen LogP contribution in [0.15, 0.2) is 24.3 Å². The molecular formula is C31H50N2O3. The standard InChI is InChI=1S/C31H50N2O3/c1-7-15-33-20-24(3)18-23(2)19-25(4)29(34)31(5,6)30(35)36-22-28(33)13-10-16-32-17-14-26-11-8-9-12-27(26)21-32/h8-9,11-12,23-25,28H,7,10,13-22H2,1-6H3/t23-,24-,25-,28-/m1/s1. The van der Waals surface area contributed by atoms with Gasteiger partial charge in [-0.05, 0) is 88.4 Å². The molecule has 0 aromatic heterocycles. The third-order valence-corrected chi connectivity index (χ3v) is 8.34. The minimum absolute atomic E-state index is 0.0126. The summed E-state index contributed by atoms with van der Waals surface area (Å²) in [5.74, 6) is 0.509. The average molecular weight is 499 g/mol.